The Hall–Kier alpha value is -8.39. The molecule has 0 fully saturated rings. The number of hydrogen-bond acceptors (Lipinski definition) is 5. The van der Waals surface area contributed by atoms with Crippen molar-refractivity contribution in [1.29, 1.82) is 0 Å². The zero-order valence-electron chi connectivity index (χ0n) is 34.1. The van der Waals surface area contributed by atoms with Crippen LogP contribution in [0.15, 0.2) is 205 Å². The summed E-state index contributed by atoms with van der Waals surface area (Å²) in [4.78, 5) is 16.1. The number of fused-ring (bicyclic) bond motifs is 13. The predicted octanol–water partition coefficient (Wildman–Crippen LogP) is 15.3. The van der Waals surface area contributed by atoms with Gasteiger partial charge in [-0.1, -0.05) is 146 Å². The van der Waals surface area contributed by atoms with Crippen molar-refractivity contribution >= 4 is 97.1 Å². The van der Waals surface area contributed by atoms with Gasteiger partial charge in [0, 0.05) is 69.7 Å². The highest BCUT2D eigenvalue weighted by molar-refractivity contribution is 7.25. The summed E-state index contributed by atoms with van der Waals surface area (Å²) in [6.07, 6.45) is 0. The van der Waals surface area contributed by atoms with Gasteiger partial charge >= 0.3 is 0 Å². The van der Waals surface area contributed by atoms with E-state index >= 15 is 0 Å². The molecule has 0 aliphatic heterocycles. The lowest BCUT2D eigenvalue weighted by molar-refractivity contribution is 0.669. The summed E-state index contributed by atoms with van der Waals surface area (Å²) < 4.78 is 13.8. The summed E-state index contributed by atoms with van der Waals surface area (Å²) in [7, 11) is 0. The van der Waals surface area contributed by atoms with E-state index in [1.165, 1.54) is 14.8 Å². The van der Waals surface area contributed by atoms with Crippen LogP contribution in [0.4, 0.5) is 0 Å². The van der Waals surface area contributed by atoms with Crippen LogP contribution in [0.3, 0.4) is 0 Å². The molecule has 0 aliphatic rings. The molecule has 5 heterocycles. The largest absolute Gasteiger partial charge is 0.456 e. The summed E-state index contributed by atoms with van der Waals surface area (Å²) >= 11 is 1.79. The lowest BCUT2D eigenvalue weighted by atomic mass is 10.0. The number of nitrogens with zero attached hydrogens (tertiary/aromatic N) is 5. The number of thiophene rings is 1. The molecule has 64 heavy (non-hydrogen) atoms. The summed E-state index contributed by atoms with van der Waals surface area (Å²) in [6.45, 7) is 0. The van der Waals surface area contributed by atoms with Crippen molar-refractivity contribution in [2.75, 3.05) is 0 Å². The van der Waals surface area contributed by atoms with Gasteiger partial charge in [0.15, 0.2) is 11.6 Å². The van der Waals surface area contributed by atoms with Gasteiger partial charge in [-0.05, 0) is 59.7 Å². The lowest BCUT2D eigenvalue weighted by Crippen LogP contribution is -2.07. The van der Waals surface area contributed by atoms with Gasteiger partial charge in [-0.25, -0.2) is 4.98 Å². The van der Waals surface area contributed by atoms with Gasteiger partial charge < -0.3 is 8.98 Å². The predicted molar refractivity (Wildman–Crippen MR) is 265 cm³/mol. The lowest BCUT2D eigenvalue weighted by Gasteiger charge is -2.13. The number of rotatable bonds is 5. The molecule has 0 bridgehead atoms. The highest BCUT2D eigenvalue weighted by Gasteiger charge is 2.25. The zero-order chi connectivity index (χ0) is 41.9. The van der Waals surface area contributed by atoms with Crippen LogP contribution < -0.4 is 0 Å². The normalized spacial score (nSPS) is 12.1. The van der Waals surface area contributed by atoms with Gasteiger partial charge in [0.1, 0.15) is 11.2 Å². The Kier molecular flexibility index (Phi) is 7.46. The minimum Gasteiger partial charge on any atom is -0.456 e. The van der Waals surface area contributed by atoms with Crippen LogP contribution in [0.25, 0.3) is 131 Å². The Morgan fingerprint density at radius 3 is 1.72 bits per heavy atom. The van der Waals surface area contributed by atoms with Gasteiger partial charge in [0.25, 0.3) is 0 Å². The summed E-state index contributed by atoms with van der Waals surface area (Å²) in [5.74, 6) is 1.79. The van der Waals surface area contributed by atoms with Gasteiger partial charge in [0.05, 0.1) is 27.8 Å². The Morgan fingerprint density at radius 1 is 0.375 bits per heavy atom. The van der Waals surface area contributed by atoms with Crippen LogP contribution in [-0.4, -0.2) is 24.1 Å². The molecule has 14 rings (SSSR count). The summed E-state index contributed by atoms with van der Waals surface area (Å²) in [5.41, 5.74) is 11.1. The van der Waals surface area contributed by atoms with Crippen molar-refractivity contribution in [2.45, 2.75) is 0 Å². The Labute approximate surface area is 369 Å². The minimum atomic E-state index is 0.554. The van der Waals surface area contributed by atoms with E-state index in [0.717, 1.165) is 98.9 Å². The maximum absolute atomic E-state index is 6.72. The van der Waals surface area contributed by atoms with Crippen LogP contribution in [-0.2, 0) is 0 Å². The average molecular weight is 836 g/mol. The first kappa shape index (κ1) is 35.2. The van der Waals surface area contributed by atoms with Crippen molar-refractivity contribution in [3.8, 4) is 45.5 Å². The monoisotopic (exact) mass is 835 g/mol. The number of benzene rings is 9. The van der Waals surface area contributed by atoms with Gasteiger partial charge in [-0.15, -0.1) is 11.3 Å². The molecule has 0 amide bonds. The van der Waals surface area contributed by atoms with Crippen molar-refractivity contribution in [1.82, 2.24) is 24.1 Å². The fourth-order valence-corrected chi connectivity index (χ4v) is 11.1. The molecule has 14 aromatic rings. The van der Waals surface area contributed by atoms with Crippen molar-refractivity contribution < 1.29 is 4.42 Å². The van der Waals surface area contributed by atoms with Crippen molar-refractivity contribution in [3.63, 3.8) is 0 Å². The number of furan rings is 1. The number of hydrogen-bond donors (Lipinski definition) is 0. The molecule has 0 N–H and O–H groups in total. The Bertz CT molecular complexity index is 4200. The van der Waals surface area contributed by atoms with E-state index in [4.69, 9.17) is 19.4 Å². The smallest absolute Gasteiger partial charge is 0.238 e. The molecular weight excluding hydrogens is 803 g/mol. The van der Waals surface area contributed by atoms with Crippen LogP contribution in [0, 0.1) is 0 Å². The maximum atomic E-state index is 6.72. The molecule has 7 heteroatoms. The molecule has 5 aromatic heterocycles. The maximum Gasteiger partial charge on any atom is 0.238 e. The van der Waals surface area contributed by atoms with E-state index in [-0.39, 0.29) is 0 Å². The first-order chi connectivity index (χ1) is 31.7. The van der Waals surface area contributed by atoms with Crippen LogP contribution >= 0.6 is 11.3 Å². The first-order valence-electron chi connectivity index (χ1n) is 21.4. The molecule has 9 aromatic carbocycles. The second-order valence-electron chi connectivity index (χ2n) is 16.3. The molecule has 0 spiro atoms. The van der Waals surface area contributed by atoms with E-state index in [2.05, 4.69) is 185 Å². The third kappa shape index (κ3) is 5.16. The summed E-state index contributed by atoms with van der Waals surface area (Å²) in [6, 6.07) is 70.7. The quantitative estimate of drug-likeness (QED) is 0.173. The molecule has 0 radical (unpaired) electrons. The third-order valence-electron chi connectivity index (χ3n) is 12.8. The molecule has 298 valence electrons. The molecule has 6 nitrogen and oxygen atoms in total. The fraction of sp³-hybridized carbons (Fsp3) is 0. The van der Waals surface area contributed by atoms with E-state index in [0.29, 0.717) is 17.6 Å². The van der Waals surface area contributed by atoms with Gasteiger partial charge in [-0.3, -0.25) is 4.57 Å². The highest BCUT2D eigenvalue weighted by Crippen LogP contribution is 2.44. The van der Waals surface area contributed by atoms with E-state index in [9.17, 15) is 0 Å². The molecule has 0 saturated carbocycles. The van der Waals surface area contributed by atoms with E-state index in [1.54, 1.807) is 11.3 Å². The van der Waals surface area contributed by atoms with Crippen LogP contribution in [0.5, 0.6) is 0 Å². The Balaban J connectivity index is 1.07. The SMILES string of the molecule is c1ccc(-c2ccc3c(c2)oc2cc(-n4c5ccccc5c5ccc6c7ccccc7n(-c7nc(-c8ccccc8)nc(-c8cccc9sc%10ccccc%10c89)n7)c6c54)ccc23)cc1. The average Bonchev–Trinajstić information content (AvgIpc) is 4.11. The topological polar surface area (TPSA) is 61.7 Å². The van der Waals surface area contributed by atoms with Crippen molar-refractivity contribution in [2.24, 2.45) is 0 Å². The highest BCUT2D eigenvalue weighted by atomic mass is 32.1. The van der Waals surface area contributed by atoms with Crippen LogP contribution in [0.1, 0.15) is 0 Å². The van der Waals surface area contributed by atoms with Gasteiger partial charge in [-0.2, -0.15) is 9.97 Å². The first-order valence-corrected chi connectivity index (χ1v) is 22.3. The van der Waals surface area contributed by atoms with Gasteiger partial charge in [0.2, 0.25) is 5.95 Å². The fourth-order valence-electron chi connectivity index (χ4n) is 9.95. The zero-order valence-corrected chi connectivity index (χ0v) is 34.9. The molecular formula is C57H33N5OS. The molecule has 0 saturated heterocycles. The van der Waals surface area contributed by atoms with Crippen molar-refractivity contribution in [3.05, 3.63) is 200 Å². The molecule has 0 unspecified atom stereocenters. The summed E-state index contributed by atoms with van der Waals surface area (Å²) in [5, 5.41) is 9.05. The second kappa shape index (κ2) is 13.6. The van der Waals surface area contributed by atoms with Crippen LogP contribution in [0.2, 0.25) is 0 Å². The standard InChI is InChI=1S/C57H33N5OS/c1-3-14-34(15-4-1)36-26-28-40-41-29-27-37(33-49(41)63-48(40)32-36)61-46-22-10-7-18-38(46)42-30-31-43-39-19-8-11-23-47(39)62(54(43)53(42)61)57-59-55(35-16-5-2-6-17-35)58-56(60-57)45-21-13-25-51-52(45)44-20-9-12-24-50(44)64-51/h1-33H. The number of para-hydroxylation sites is 2. The number of aromatic nitrogens is 5. The second-order valence-corrected chi connectivity index (χ2v) is 17.4. The van der Waals surface area contributed by atoms with E-state index < -0.39 is 0 Å². The molecule has 0 atom stereocenters. The third-order valence-corrected chi connectivity index (χ3v) is 13.9. The minimum absolute atomic E-state index is 0.554. The van der Waals surface area contributed by atoms with E-state index in [1.807, 2.05) is 24.3 Å². The molecule has 0 aliphatic carbocycles. The Morgan fingerprint density at radius 2 is 0.953 bits per heavy atom.